The second kappa shape index (κ2) is 5.49. The van der Waals surface area contributed by atoms with Crippen molar-refractivity contribution in [2.45, 2.75) is 31.6 Å². The second-order valence-electron chi connectivity index (χ2n) is 5.48. The molecule has 20 heavy (non-hydrogen) atoms. The highest BCUT2D eigenvalue weighted by molar-refractivity contribution is 5.35. The van der Waals surface area contributed by atoms with Crippen LogP contribution in [0.5, 0.6) is 0 Å². The first-order valence-electron chi connectivity index (χ1n) is 7.12. The van der Waals surface area contributed by atoms with Gasteiger partial charge in [-0.05, 0) is 24.3 Å². The fourth-order valence-corrected chi connectivity index (χ4v) is 2.27. The Balaban J connectivity index is 1.67. The van der Waals surface area contributed by atoms with Gasteiger partial charge in [-0.2, -0.15) is 0 Å². The summed E-state index contributed by atoms with van der Waals surface area (Å²) in [5.74, 6) is 2.34. The topological polar surface area (TPSA) is 57.8 Å². The van der Waals surface area contributed by atoms with Crippen LogP contribution in [-0.2, 0) is 0 Å². The van der Waals surface area contributed by atoms with Crippen molar-refractivity contribution in [3.63, 3.8) is 0 Å². The summed E-state index contributed by atoms with van der Waals surface area (Å²) in [7, 11) is 0. The average molecular weight is 269 g/mol. The number of hydrogen-bond donors (Lipinski definition) is 2. The molecule has 0 spiro atoms. The normalized spacial score (nSPS) is 15.8. The van der Waals surface area contributed by atoms with E-state index < -0.39 is 0 Å². The lowest BCUT2D eigenvalue weighted by molar-refractivity contribution is 0.796. The van der Waals surface area contributed by atoms with Crippen molar-refractivity contribution in [1.82, 2.24) is 9.97 Å². The maximum atomic E-state index is 11.6. The molecular weight excluding hydrogens is 250 g/mol. The molecule has 1 aromatic heterocycles. The van der Waals surface area contributed by atoms with Crippen LogP contribution in [0.4, 0.5) is 5.82 Å². The van der Waals surface area contributed by atoms with Crippen LogP contribution in [0.2, 0.25) is 0 Å². The van der Waals surface area contributed by atoms with Crippen molar-refractivity contribution in [3.8, 4) is 0 Å². The van der Waals surface area contributed by atoms with Gasteiger partial charge in [0.25, 0.3) is 5.56 Å². The van der Waals surface area contributed by atoms with Gasteiger partial charge in [0.2, 0.25) is 0 Å². The van der Waals surface area contributed by atoms with E-state index in [1.54, 1.807) is 0 Å². The number of aromatic nitrogens is 2. The molecule has 3 rings (SSSR count). The lowest BCUT2D eigenvalue weighted by Crippen LogP contribution is -2.16. The molecule has 1 heterocycles. The van der Waals surface area contributed by atoms with Gasteiger partial charge in [-0.25, -0.2) is 4.98 Å². The maximum absolute atomic E-state index is 11.6. The summed E-state index contributed by atoms with van der Waals surface area (Å²) < 4.78 is 0. The summed E-state index contributed by atoms with van der Waals surface area (Å²) in [6, 6.07) is 11.9. The average Bonchev–Trinajstić information content (AvgIpc) is 3.30. The minimum absolute atomic E-state index is 0.0724. The van der Waals surface area contributed by atoms with E-state index in [2.05, 4.69) is 34.3 Å². The molecule has 1 fully saturated rings. The van der Waals surface area contributed by atoms with E-state index in [1.165, 1.54) is 11.6 Å². The molecule has 1 atom stereocenters. The number of aromatic amines is 1. The van der Waals surface area contributed by atoms with Crippen molar-refractivity contribution >= 4 is 5.82 Å². The van der Waals surface area contributed by atoms with Gasteiger partial charge >= 0.3 is 0 Å². The molecule has 0 aliphatic heterocycles. The fraction of sp³-hybridized carbons (Fsp3) is 0.375. The van der Waals surface area contributed by atoms with E-state index in [1.807, 2.05) is 18.2 Å². The van der Waals surface area contributed by atoms with Crippen molar-refractivity contribution < 1.29 is 0 Å². The van der Waals surface area contributed by atoms with Gasteiger partial charge in [0.1, 0.15) is 11.6 Å². The van der Waals surface area contributed by atoms with Gasteiger partial charge in [-0.15, -0.1) is 0 Å². The largest absolute Gasteiger partial charge is 0.369 e. The molecule has 0 amide bonds. The van der Waals surface area contributed by atoms with Gasteiger partial charge in [0, 0.05) is 18.5 Å². The fourth-order valence-electron chi connectivity index (χ4n) is 2.27. The van der Waals surface area contributed by atoms with Gasteiger partial charge in [0.15, 0.2) is 0 Å². The number of anilines is 1. The summed E-state index contributed by atoms with van der Waals surface area (Å²) >= 11 is 0. The Morgan fingerprint density at radius 2 is 2.10 bits per heavy atom. The standard InChI is InChI=1S/C16H19N3O/c1-11(12-5-3-2-4-6-12)10-17-14-9-15(20)19-16(18-14)13-7-8-13/h2-6,9,11,13H,7-8,10H2,1H3,(H2,17,18,19,20). The minimum atomic E-state index is -0.0724. The van der Waals surface area contributed by atoms with E-state index >= 15 is 0 Å². The second-order valence-corrected chi connectivity index (χ2v) is 5.48. The Kier molecular flexibility index (Phi) is 3.54. The summed E-state index contributed by atoms with van der Waals surface area (Å²) in [5, 5.41) is 3.28. The summed E-state index contributed by atoms with van der Waals surface area (Å²) in [6.45, 7) is 2.93. The highest BCUT2D eigenvalue weighted by Crippen LogP contribution is 2.37. The Bertz CT molecular complexity index is 632. The number of hydrogen-bond acceptors (Lipinski definition) is 3. The molecule has 2 aromatic rings. The minimum Gasteiger partial charge on any atom is -0.369 e. The third-order valence-corrected chi connectivity index (χ3v) is 3.68. The van der Waals surface area contributed by atoms with Crippen LogP contribution in [0, 0.1) is 0 Å². The van der Waals surface area contributed by atoms with Gasteiger partial charge in [-0.1, -0.05) is 37.3 Å². The van der Waals surface area contributed by atoms with Crippen molar-refractivity contribution in [3.05, 3.63) is 58.1 Å². The number of H-pyrrole nitrogens is 1. The molecule has 0 radical (unpaired) electrons. The molecule has 4 nitrogen and oxygen atoms in total. The first-order chi connectivity index (χ1) is 9.72. The third-order valence-electron chi connectivity index (χ3n) is 3.68. The van der Waals surface area contributed by atoms with Crippen LogP contribution >= 0.6 is 0 Å². The first kappa shape index (κ1) is 12.9. The molecule has 104 valence electrons. The van der Waals surface area contributed by atoms with Gasteiger partial charge in [-0.3, -0.25) is 4.79 Å². The zero-order valence-electron chi connectivity index (χ0n) is 11.6. The molecule has 0 saturated heterocycles. The van der Waals surface area contributed by atoms with Crippen molar-refractivity contribution in [1.29, 1.82) is 0 Å². The SMILES string of the molecule is CC(CNc1cc(=O)[nH]c(C2CC2)n1)c1ccccc1. The molecule has 0 bridgehead atoms. The van der Waals surface area contributed by atoms with Crippen LogP contribution in [0.15, 0.2) is 41.2 Å². The zero-order valence-corrected chi connectivity index (χ0v) is 11.6. The molecule has 1 saturated carbocycles. The lowest BCUT2D eigenvalue weighted by Gasteiger charge is -2.13. The first-order valence-corrected chi connectivity index (χ1v) is 7.12. The van der Waals surface area contributed by atoms with E-state index in [-0.39, 0.29) is 5.56 Å². The molecule has 1 unspecified atom stereocenters. The monoisotopic (exact) mass is 269 g/mol. The van der Waals surface area contributed by atoms with E-state index in [9.17, 15) is 4.79 Å². The summed E-state index contributed by atoms with van der Waals surface area (Å²) in [5.41, 5.74) is 1.21. The van der Waals surface area contributed by atoms with Gasteiger partial charge in [0.05, 0.1) is 0 Å². The quantitative estimate of drug-likeness (QED) is 0.877. The smallest absolute Gasteiger partial charge is 0.252 e. The number of nitrogens with one attached hydrogen (secondary N) is 2. The lowest BCUT2D eigenvalue weighted by atomic mass is 10.0. The number of rotatable bonds is 5. The molecule has 1 aromatic carbocycles. The molecular formula is C16H19N3O. The highest BCUT2D eigenvalue weighted by Gasteiger charge is 2.26. The summed E-state index contributed by atoms with van der Waals surface area (Å²) in [6.07, 6.45) is 2.26. The van der Waals surface area contributed by atoms with Crippen LogP contribution in [-0.4, -0.2) is 16.5 Å². The van der Waals surface area contributed by atoms with Crippen molar-refractivity contribution in [2.75, 3.05) is 11.9 Å². The third kappa shape index (κ3) is 3.07. The van der Waals surface area contributed by atoms with E-state index in [0.717, 1.165) is 25.2 Å². The Hall–Kier alpha value is -2.10. The number of nitrogens with zero attached hydrogens (tertiary/aromatic N) is 1. The van der Waals surface area contributed by atoms with Crippen LogP contribution in [0.25, 0.3) is 0 Å². The predicted molar refractivity (Wildman–Crippen MR) is 80.2 cm³/mol. The Morgan fingerprint density at radius 1 is 1.35 bits per heavy atom. The Labute approximate surface area is 118 Å². The predicted octanol–water partition coefficient (Wildman–Crippen LogP) is 2.86. The molecule has 1 aliphatic carbocycles. The maximum Gasteiger partial charge on any atom is 0.252 e. The van der Waals surface area contributed by atoms with Crippen molar-refractivity contribution in [2.24, 2.45) is 0 Å². The number of benzene rings is 1. The summed E-state index contributed by atoms with van der Waals surface area (Å²) in [4.78, 5) is 18.9. The Morgan fingerprint density at radius 3 is 2.80 bits per heavy atom. The van der Waals surface area contributed by atoms with Crippen LogP contribution < -0.4 is 10.9 Å². The molecule has 4 heteroatoms. The van der Waals surface area contributed by atoms with E-state index in [4.69, 9.17) is 0 Å². The van der Waals surface area contributed by atoms with E-state index in [0.29, 0.717) is 17.7 Å². The van der Waals surface area contributed by atoms with Gasteiger partial charge < -0.3 is 10.3 Å². The zero-order chi connectivity index (χ0) is 13.9. The van der Waals surface area contributed by atoms with Crippen LogP contribution in [0.3, 0.4) is 0 Å². The van der Waals surface area contributed by atoms with Crippen LogP contribution in [0.1, 0.15) is 43.0 Å². The highest BCUT2D eigenvalue weighted by atomic mass is 16.1. The molecule has 2 N–H and O–H groups in total. The molecule has 1 aliphatic rings.